The van der Waals surface area contributed by atoms with E-state index < -0.39 is 0 Å². The lowest BCUT2D eigenvalue weighted by Gasteiger charge is -2.43. The molecule has 0 saturated heterocycles. The Hall–Kier alpha value is -0.910. The lowest BCUT2D eigenvalue weighted by atomic mass is 9.74. The number of nitrogens with zero attached hydrogens (tertiary/aromatic N) is 2. The summed E-state index contributed by atoms with van der Waals surface area (Å²) < 4.78 is 8.25. The van der Waals surface area contributed by atoms with Gasteiger partial charge in [-0.05, 0) is 45.4 Å². The van der Waals surface area contributed by atoms with Gasteiger partial charge in [-0.2, -0.15) is 0 Å². The quantitative estimate of drug-likeness (QED) is 0.620. The summed E-state index contributed by atoms with van der Waals surface area (Å²) in [5.41, 5.74) is 3.73. The molecular formula is C15H28N4O. The standard InChI is InChI=1S/C15H28N4O/c1-4-19-10-13(17-11-19)14(18-16)15(20-5-2)8-6-12(3)7-9-15/h10-12,14,18H,4-9,16H2,1-3H3. The fourth-order valence-electron chi connectivity index (χ4n) is 3.26. The zero-order valence-electron chi connectivity index (χ0n) is 12.9. The number of aryl methyl sites for hydroxylation is 1. The van der Waals surface area contributed by atoms with Crippen LogP contribution in [0.25, 0.3) is 0 Å². The van der Waals surface area contributed by atoms with Crippen molar-refractivity contribution in [3.8, 4) is 0 Å². The summed E-state index contributed by atoms with van der Waals surface area (Å²) in [6.07, 6.45) is 8.39. The molecule has 0 spiro atoms. The van der Waals surface area contributed by atoms with Gasteiger partial charge in [-0.1, -0.05) is 6.92 Å². The normalized spacial score (nSPS) is 28.5. The van der Waals surface area contributed by atoms with Crippen molar-refractivity contribution in [2.45, 2.75) is 64.6 Å². The summed E-state index contributed by atoms with van der Waals surface area (Å²) in [4.78, 5) is 4.52. The summed E-state index contributed by atoms with van der Waals surface area (Å²) in [5.74, 6) is 6.63. The monoisotopic (exact) mass is 280 g/mol. The number of hydrogen-bond donors (Lipinski definition) is 2. The van der Waals surface area contributed by atoms with Gasteiger partial charge in [0, 0.05) is 19.3 Å². The third-order valence-corrected chi connectivity index (χ3v) is 4.56. The molecule has 5 heteroatoms. The van der Waals surface area contributed by atoms with Gasteiger partial charge in [-0.25, -0.2) is 10.4 Å². The Bertz CT molecular complexity index is 410. The maximum atomic E-state index is 6.18. The first-order valence-electron chi connectivity index (χ1n) is 7.77. The SMILES string of the molecule is CCOC1(C(NN)c2cn(CC)cn2)CCC(C)CC1. The van der Waals surface area contributed by atoms with E-state index in [1.165, 1.54) is 12.8 Å². The van der Waals surface area contributed by atoms with Gasteiger partial charge in [0.2, 0.25) is 0 Å². The summed E-state index contributed by atoms with van der Waals surface area (Å²) in [6.45, 7) is 8.10. The van der Waals surface area contributed by atoms with Crippen molar-refractivity contribution in [3.05, 3.63) is 18.2 Å². The second kappa shape index (κ2) is 6.70. The summed E-state index contributed by atoms with van der Waals surface area (Å²) in [7, 11) is 0. The summed E-state index contributed by atoms with van der Waals surface area (Å²) in [6, 6.07) is -0.0391. The van der Waals surface area contributed by atoms with Gasteiger partial charge in [-0.15, -0.1) is 0 Å². The van der Waals surface area contributed by atoms with Crippen LogP contribution in [0.3, 0.4) is 0 Å². The van der Waals surface area contributed by atoms with Crippen molar-refractivity contribution >= 4 is 0 Å². The predicted molar refractivity (Wildman–Crippen MR) is 80.0 cm³/mol. The molecule has 1 saturated carbocycles. The molecule has 20 heavy (non-hydrogen) atoms. The number of imidazole rings is 1. The van der Waals surface area contributed by atoms with E-state index in [2.05, 4.69) is 41.9 Å². The topological polar surface area (TPSA) is 65.1 Å². The molecule has 0 aromatic carbocycles. The molecule has 1 heterocycles. The molecule has 1 atom stereocenters. The molecule has 2 rings (SSSR count). The van der Waals surface area contributed by atoms with E-state index in [0.717, 1.165) is 31.0 Å². The highest BCUT2D eigenvalue weighted by atomic mass is 16.5. The largest absolute Gasteiger partial charge is 0.373 e. The third kappa shape index (κ3) is 3.05. The van der Waals surface area contributed by atoms with Gasteiger partial charge in [0.1, 0.15) is 0 Å². The second-order valence-electron chi connectivity index (χ2n) is 5.91. The Kier molecular flexibility index (Phi) is 5.18. The molecule has 0 amide bonds. The van der Waals surface area contributed by atoms with Crippen LogP contribution < -0.4 is 11.3 Å². The van der Waals surface area contributed by atoms with Crippen molar-refractivity contribution in [3.63, 3.8) is 0 Å². The Labute approximate surface area is 121 Å². The fourth-order valence-corrected chi connectivity index (χ4v) is 3.26. The van der Waals surface area contributed by atoms with Gasteiger partial charge >= 0.3 is 0 Å². The first-order chi connectivity index (χ1) is 9.65. The van der Waals surface area contributed by atoms with Gasteiger partial charge < -0.3 is 9.30 Å². The summed E-state index contributed by atoms with van der Waals surface area (Å²) in [5, 5.41) is 0. The van der Waals surface area contributed by atoms with E-state index in [1.807, 2.05) is 6.33 Å². The van der Waals surface area contributed by atoms with Crippen molar-refractivity contribution in [2.24, 2.45) is 11.8 Å². The smallest absolute Gasteiger partial charge is 0.0950 e. The molecule has 3 N–H and O–H groups in total. The Morgan fingerprint density at radius 2 is 2.20 bits per heavy atom. The van der Waals surface area contributed by atoms with Crippen molar-refractivity contribution in [1.29, 1.82) is 0 Å². The minimum atomic E-state index is -0.219. The minimum absolute atomic E-state index is 0.0391. The number of nitrogens with two attached hydrogens (primary N) is 1. The van der Waals surface area contributed by atoms with Crippen LogP contribution in [0, 0.1) is 5.92 Å². The van der Waals surface area contributed by atoms with Crippen molar-refractivity contribution in [1.82, 2.24) is 15.0 Å². The molecule has 5 nitrogen and oxygen atoms in total. The first-order valence-corrected chi connectivity index (χ1v) is 7.77. The lowest BCUT2D eigenvalue weighted by molar-refractivity contribution is -0.0984. The molecule has 1 aromatic rings. The van der Waals surface area contributed by atoms with E-state index in [9.17, 15) is 0 Å². The maximum absolute atomic E-state index is 6.18. The number of ether oxygens (including phenoxy) is 1. The molecule has 1 aromatic heterocycles. The molecular weight excluding hydrogens is 252 g/mol. The van der Waals surface area contributed by atoms with Crippen molar-refractivity contribution in [2.75, 3.05) is 6.61 Å². The van der Waals surface area contributed by atoms with Gasteiger partial charge in [0.05, 0.1) is 23.7 Å². The summed E-state index contributed by atoms with van der Waals surface area (Å²) >= 11 is 0. The van der Waals surface area contributed by atoms with E-state index in [0.29, 0.717) is 6.61 Å². The van der Waals surface area contributed by atoms with E-state index in [4.69, 9.17) is 10.6 Å². The Morgan fingerprint density at radius 3 is 2.70 bits per heavy atom. The molecule has 1 fully saturated rings. The van der Waals surface area contributed by atoms with Crippen LogP contribution in [0.2, 0.25) is 0 Å². The number of hydrogen-bond acceptors (Lipinski definition) is 4. The second-order valence-corrected chi connectivity index (χ2v) is 5.91. The highest BCUT2D eigenvalue weighted by Crippen LogP contribution is 2.42. The van der Waals surface area contributed by atoms with Gasteiger partial charge in [0.15, 0.2) is 0 Å². The molecule has 1 unspecified atom stereocenters. The Morgan fingerprint density at radius 1 is 1.50 bits per heavy atom. The molecule has 0 aliphatic heterocycles. The van der Waals surface area contributed by atoms with Crippen LogP contribution in [0.4, 0.5) is 0 Å². The van der Waals surface area contributed by atoms with Gasteiger partial charge in [0.25, 0.3) is 0 Å². The number of aromatic nitrogens is 2. The van der Waals surface area contributed by atoms with E-state index in [1.54, 1.807) is 0 Å². The van der Waals surface area contributed by atoms with Crippen LogP contribution in [0.1, 0.15) is 58.2 Å². The fraction of sp³-hybridized carbons (Fsp3) is 0.800. The number of rotatable bonds is 6. The van der Waals surface area contributed by atoms with Gasteiger partial charge in [-0.3, -0.25) is 5.84 Å². The van der Waals surface area contributed by atoms with Crippen LogP contribution in [0.15, 0.2) is 12.5 Å². The highest BCUT2D eigenvalue weighted by Gasteiger charge is 2.43. The molecule has 114 valence electrons. The molecule has 0 radical (unpaired) electrons. The highest BCUT2D eigenvalue weighted by molar-refractivity contribution is 5.12. The molecule has 1 aliphatic carbocycles. The van der Waals surface area contributed by atoms with E-state index >= 15 is 0 Å². The zero-order valence-corrected chi connectivity index (χ0v) is 12.9. The Balaban J connectivity index is 2.25. The van der Waals surface area contributed by atoms with Crippen LogP contribution in [0.5, 0.6) is 0 Å². The minimum Gasteiger partial charge on any atom is -0.373 e. The van der Waals surface area contributed by atoms with Crippen LogP contribution >= 0.6 is 0 Å². The molecule has 1 aliphatic rings. The first kappa shape index (κ1) is 15.5. The maximum Gasteiger partial charge on any atom is 0.0950 e. The zero-order chi connectivity index (χ0) is 14.6. The van der Waals surface area contributed by atoms with Crippen molar-refractivity contribution < 1.29 is 4.74 Å². The van der Waals surface area contributed by atoms with Crippen LogP contribution in [-0.2, 0) is 11.3 Å². The average Bonchev–Trinajstić information content (AvgIpc) is 2.92. The van der Waals surface area contributed by atoms with Crippen LogP contribution in [-0.4, -0.2) is 21.8 Å². The molecule has 0 bridgehead atoms. The third-order valence-electron chi connectivity index (χ3n) is 4.56. The average molecular weight is 280 g/mol. The number of hydrazine groups is 1. The lowest BCUT2D eigenvalue weighted by Crippen LogP contribution is -2.50. The predicted octanol–water partition coefficient (Wildman–Crippen LogP) is 2.39. The number of nitrogens with one attached hydrogen (secondary N) is 1. The van der Waals surface area contributed by atoms with E-state index in [-0.39, 0.29) is 11.6 Å².